The molecule has 0 radical (unpaired) electrons. The van der Waals surface area contributed by atoms with Crippen molar-refractivity contribution in [3.05, 3.63) is 65.4 Å². The monoisotopic (exact) mass is 360 g/mol. The van der Waals surface area contributed by atoms with Crippen LogP contribution in [0.15, 0.2) is 59.6 Å². The number of hydrogen-bond acceptors (Lipinski definition) is 3. The molecular formula is C18H14ClFN2OS. The molecule has 0 bridgehead atoms. The highest BCUT2D eigenvalue weighted by Gasteiger charge is 2.16. The summed E-state index contributed by atoms with van der Waals surface area (Å²) in [6.45, 7) is 1.79. The van der Waals surface area contributed by atoms with Crippen LogP contribution in [0.3, 0.4) is 0 Å². The van der Waals surface area contributed by atoms with E-state index in [9.17, 15) is 9.18 Å². The maximum Gasteiger partial charge on any atom is 0.237 e. The number of nitrogens with one attached hydrogen (secondary N) is 1. The number of halogens is 2. The van der Waals surface area contributed by atoms with E-state index in [2.05, 4.69) is 10.3 Å². The molecule has 0 aliphatic heterocycles. The Balaban J connectivity index is 1.70. The zero-order chi connectivity index (χ0) is 17.1. The second kappa shape index (κ2) is 7.20. The Labute approximate surface area is 148 Å². The summed E-state index contributed by atoms with van der Waals surface area (Å²) < 4.78 is 13.0. The molecule has 0 unspecified atom stereocenters. The summed E-state index contributed by atoms with van der Waals surface area (Å²) in [5.74, 6) is -0.663. The quantitative estimate of drug-likeness (QED) is 0.654. The molecule has 0 saturated heterocycles. The highest BCUT2D eigenvalue weighted by atomic mass is 35.5. The van der Waals surface area contributed by atoms with Gasteiger partial charge in [-0.1, -0.05) is 47.6 Å². The molecule has 3 nitrogen and oxygen atoms in total. The van der Waals surface area contributed by atoms with Crippen molar-refractivity contribution in [1.82, 2.24) is 4.98 Å². The minimum absolute atomic E-state index is 0.171. The smallest absolute Gasteiger partial charge is 0.237 e. The van der Waals surface area contributed by atoms with Gasteiger partial charge in [0.05, 0.1) is 26.5 Å². The van der Waals surface area contributed by atoms with E-state index in [1.165, 1.54) is 30.0 Å². The third kappa shape index (κ3) is 3.86. The van der Waals surface area contributed by atoms with Gasteiger partial charge in [-0.3, -0.25) is 4.79 Å². The molecule has 0 aliphatic rings. The number of amides is 1. The predicted octanol–water partition coefficient (Wildman–Crippen LogP) is 5.15. The van der Waals surface area contributed by atoms with E-state index in [4.69, 9.17) is 11.6 Å². The fourth-order valence-electron chi connectivity index (χ4n) is 2.17. The Morgan fingerprint density at radius 2 is 2.00 bits per heavy atom. The molecular weight excluding hydrogens is 347 g/mol. The van der Waals surface area contributed by atoms with Gasteiger partial charge in [-0.15, -0.1) is 0 Å². The van der Waals surface area contributed by atoms with Gasteiger partial charge in [0.15, 0.2) is 0 Å². The predicted molar refractivity (Wildman–Crippen MR) is 97.1 cm³/mol. The van der Waals surface area contributed by atoms with E-state index in [1.54, 1.807) is 6.92 Å². The molecule has 1 amide bonds. The lowest BCUT2D eigenvalue weighted by Gasteiger charge is -2.13. The standard InChI is InChI=1S/C18H14ClFN2OS/c1-11(18(23)22-16-8-7-13(20)10-14(16)19)24-17-9-6-12-4-2-3-5-15(12)21-17/h2-11H,1H3,(H,22,23)/t11-/m0/s1. The zero-order valence-corrected chi connectivity index (χ0v) is 14.4. The van der Waals surface area contributed by atoms with Crippen LogP contribution >= 0.6 is 23.4 Å². The minimum atomic E-state index is -0.444. The SMILES string of the molecule is C[C@H](Sc1ccc2ccccc2n1)C(=O)Nc1ccc(F)cc1Cl. The zero-order valence-electron chi connectivity index (χ0n) is 12.8. The lowest BCUT2D eigenvalue weighted by molar-refractivity contribution is -0.115. The van der Waals surface area contributed by atoms with Crippen molar-refractivity contribution in [2.24, 2.45) is 0 Å². The van der Waals surface area contributed by atoms with E-state index >= 15 is 0 Å². The highest BCUT2D eigenvalue weighted by Crippen LogP contribution is 2.27. The van der Waals surface area contributed by atoms with Crippen molar-refractivity contribution in [1.29, 1.82) is 0 Å². The van der Waals surface area contributed by atoms with Crippen LogP contribution in [0, 0.1) is 5.82 Å². The largest absolute Gasteiger partial charge is 0.324 e. The molecule has 3 aromatic rings. The summed E-state index contributed by atoms with van der Waals surface area (Å²) in [6, 6.07) is 15.5. The normalized spacial score (nSPS) is 12.1. The van der Waals surface area contributed by atoms with E-state index in [0.29, 0.717) is 5.69 Å². The number of rotatable bonds is 4. The number of carbonyl (C=O) groups is 1. The third-order valence-corrected chi connectivity index (χ3v) is 4.78. The molecule has 0 fully saturated rings. The summed E-state index contributed by atoms with van der Waals surface area (Å²) in [7, 11) is 0. The van der Waals surface area contributed by atoms with Gasteiger partial charge in [-0.25, -0.2) is 9.37 Å². The molecule has 0 saturated carbocycles. The van der Waals surface area contributed by atoms with Crippen molar-refractivity contribution in [2.75, 3.05) is 5.32 Å². The van der Waals surface area contributed by atoms with E-state index in [0.717, 1.165) is 15.9 Å². The molecule has 0 spiro atoms. The van der Waals surface area contributed by atoms with Crippen LogP contribution in [-0.4, -0.2) is 16.1 Å². The molecule has 24 heavy (non-hydrogen) atoms. The molecule has 1 aromatic heterocycles. The van der Waals surface area contributed by atoms with E-state index in [1.807, 2.05) is 36.4 Å². The lowest BCUT2D eigenvalue weighted by atomic mass is 10.2. The topological polar surface area (TPSA) is 42.0 Å². The third-order valence-electron chi connectivity index (χ3n) is 3.43. The fraction of sp³-hybridized carbons (Fsp3) is 0.111. The van der Waals surface area contributed by atoms with Crippen LogP contribution < -0.4 is 5.32 Å². The number of thioether (sulfide) groups is 1. The number of hydrogen-bond donors (Lipinski definition) is 1. The first kappa shape index (κ1) is 16.7. The number of nitrogens with zero attached hydrogens (tertiary/aromatic N) is 1. The maximum absolute atomic E-state index is 13.0. The summed E-state index contributed by atoms with van der Waals surface area (Å²) in [5.41, 5.74) is 1.28. The number of anilines is 1. The number of para-hydroxylation sites is 1. The van der Waals surface area contributed by atoms with Crippen LogP contribution in [0.5, 0.6) is 0 Å². The van der Waals surface area contributed by atoms with Crippen LogP contribution in [0.25, 0.3) is 10.9 Å². The number of carbonyl (C=O) groups excluding carboxylic acids is 1. The fourth-order valence-corrected chi connectivity index (χ4v) is 3.21. The molecule has 6 heteroatoms. The Hall–Kier alpha value is -2.11. The number of benzene rings is 2. The molecule has 0 aliphatic carbocycles. The summed E-state index contributed by atoms with van der Waals surface area (Å²) >= 11 is 7.28. The van der Waals surface area contributed by atoms with Crippen molar-refractivity contribution in [3.8, 4) is 0 Å². The van der Waals surface area contributed by atoms with Gasteiger partial charge in [0.1, 0.15) is 5.82 Å². The van der Waals surface area contributed by atoms with E-state index in [-0.39, 0.29) is 16.2 Å². The van der Waals surface area contributed by atoms with Crippen molar-refractivity contribution in [2.45, 2.75) is 17.2 Å². The first-order chi connectivity index (χ1) is 11.5. The van der Waals surface area contributed by atoms with Crippen molar-refractivity contribution < 1.29 is 9.18 Å². The average Bonchev–Trinajstić information content (AvgIpc) is 2.57. The minimum Gasteiger partial charge on any atom is -0.324 e. The molecule has 1 heterocycles. The molecule has 3 rings (SSSR count). The van der Waals surface area contributed by atoms with Gasteiger partial charge < -0.3 is 5.32 Å². The van der Waals surface area contributed by atoms with Gasteiger partial charge in [0, 0.05) is 5.39 Å². The van der Waals surface area contributed by atoms with Crippen LogP contribution in [-0.2, 0) is 4.79 Å². The van der Waals surface area contributed by atoms with Gasteiger partial charge in [0.2, 0.25) is 5.91 Å². The number of fused-ring (bicyclic) bond motifs is 1. The number of pyridine rings is 1. The summed E-state index contributed by atoms with van der Waals surface area (Å²) in [4.78, 5) is 16.8. The lowest BCUT2D eigenvalue weighted by Crippen LogP contribution is -2.22. The second-order valence-corrected chi connectivity index (χ2v) is 6.98. The molecule has 1 N–H and O–H groups in total. The molecule has 1 atom stereocenters. The Morgan fingerprint density at radius 3 is 2.79 bits per heavy atom. The molecule has 2 aromatic carbocycles. The second-order valence-electron chi connectivity index (χ2n) is 5.22. The van der Waals surface area contributed by atoms with Gasteiger partial charge in [0.25, 0.3) is 0 Å². The van der Waals surface area contributed by atoms with Crippen LogP contribution in [0.2, 0.25) is 5.02 Å². The average molecular weight is 361 g/mol. The summed E-state index contributed by atoms with van der Waals surface area (Å²) in [5, 5.41) is 4.32. The van der Waals surface area contributed by atoms with Gasteiger partial charge >= 0.3 is 0 Å². The first-order valence-corrected chi connectivity index (χ1v) is 8.57. The Bertz CT molecular complexity index is 903. The number of aromatic nitrogens is 1. The highest BCUT2D eigenvalue weighted by molar-refractivity contribution is 8.00. The van der Waals surface area contributed by atoms with Crippen molar-refractivity contribution >= 4 is 45.9 Å². The first-order valence-electron chi connectivity index (χ1n) is 7.31. The molecule has 122 valence electrons. The Morgan fingerprint density at radius 1 is 1.21 bits per heavy atom. The van der Waals surface area contributed by atoms with Gasteiger partial charge in [-0.05, 0) is 37.3 Å². The van der Waals surface area contributed by atoms with Gasteiger partial charge in [-0.2, -0.15) is 0 Å². The maximum atomic E-state index is 13.0. The van der Waals surface area contributed by atoms with E-state index < -0.39 is 5.82 Å². The Kier molecular flexibility index (Phi) is 5.02. The van der Waals surface area contributed by atoms with Crippen LogP contribution in [0.1, 0.15) is 6.92 Å². The van der Waals surface area contributed by atoms with Crippen molar-refractivity contribution in [3.63, 3.8) is 0 Å². The summed E-state index contributed by atoms with van der Waals surface area (Å²) in [6.07, 6.45) is 0. The van der Waals surface area contributed by atoms with Crippen LogP contribution in [0.4, 0.5) is 10.1 Å².